The summed E-state index contributed by atoms with van der Waals surface area (Å²) < 4.78 is 4.93. The Kier molecular flexibility index (Phi) is 3.58. The van der Waals surface area contributed by atoms with Gasteiger partial charge in [-0.2, -0.15) is 0 Å². The molecule has 2 heteroatoms. The minimum absolute atomic E-state index is 0.0103. The van der Waals surface area contributed by atoms with Crippen LogP contribution in [0.4, 0.5) is 0 Å². The molecule has 102 valence electrons. The van der Waals surface area contributed by atoms with E-state index in [0.717, 1.165) is 19.3 Å². The molecule has 3 rings (SSSR count). The lowest BCUT2D eigenvalue weighted by Crippen LogP contribution is -2.26. The van der Waals surface area contributed by atoms with Gasteiger partial charge in [0.15, 0.2) is 0 Å². The molecule has 0 heterocycles. The van der Waals surface area contributed by atoms with Gasteiger partial charge in [-0.25, -0.2) is 0 Å². The molecule has 3 atom stereocenters. The van der Waals surface area contributed by atoms with Crippen molar-refractivity contribution in [3.05, 3.63) is 35.5 Å². The van der Waals surface area contributed by atoms with Crippen molar-refractivity contribution in [2.75, 3.05) is 7.11 Å². The number of hydrogen-bond acceptors (Lipinski definition) is 2. The molecule has 19 heavy (non-hydrogen) atoms. The number of allylic oxidation sites excluding steroid dienone is 6. The molecule has 3 aliphatic rings. The molecular formula is C17H22O2. The van der Waals surface area contributed by atoms with E-state index in [2.05, 4.69) is 24.3 Å². The van der Waals surface area contributed by atoms with Crippen LogP contribution in [-0.4, -0.2) is 13.1 Å². The van der Waals surface area contributed by atoms with Gasteiger partial charge >= 0.3 is 5.97 Å². The number of rotatable bonds is 1. The highest BCUT2D eigenvalue weighted by Gasteiger charge is 2.34. The fraction of sp³-hybridized carbons (Fsp3) is 0.588. The Bertz CT molecular complexity index is 456. The van der Waals surface area contributed by atoms with Gasteiger partial charge in [0.05, 0.1) is 13.0 Å². The van der Waals surface area contributed by atoms with Crippen molar-refractivity contribution >= 4 is 5.97 Å². The molecule has 0 spiro atoms. The average Bonchev–Trinajstić information content (AvgIpc) is 2.65. The first kappa shape index (κ1) is 12.7. The summed E-state index contributed by atoms with van der Waals surface area (Å²) in [5, 5.41) is 0. The number of carbonyl (C=O) groups is 1. The summed E-state index contributed by atoms with van der Waals surface area (Å²) in [6, 6.07) is 0. The van der Waals surface area contributed by atoms with Crippen molar-refractivity contribution < 1.29 is 9.53 Å². The molecule has 2 nitrogen and oxygen atoms in total. The lowest BCUT2D eigenvalue weighted by molar-refractivity contribution is -0.146. The molecule has 3 aliphatic carbocycles. The zero-order chi connectivity index (χ0) is 13.2. The summed E-state index contributed by atoms with van der Waals surface area (Å²) in [7, 11) is 1.51. The van der Waals surface area contributed by atoms with Crippen LogP contribution in [0.25, 0.3) is 0 Å². The Labute approximate surface area is 115 Å². The number of methoxy groups -OCH3 is 1. The van der Waals surface area contributed by atoms with Crippen molar-refractivity contribution in [3.63, 3.8) is 0 Å². The van der Waals surface area contributed by atoms with Gasteiger partial charge in [-0.05, 0) is 43.6 Å². The van der Waals surface area contributed by atoms with Gasteiger partial charge in [0.1, 0.15) is 0 Å². The monoisotopic (exact) mass is 258 g/mol. The lowest BCUT2D eigenvalue weighted by Gasteiger charge is -2.31. The minimum atomic E-state index is -0.0103. The second-order valence-corrected chi connectivity index (χ2v) is 5.95. The number of esters is 1. The van der Waals surface area contributed by atoms with Gasteiger partial charge in [0.25, 0.3) is 0 Å². The van der Waals surface area contributed by atoms with Crippen LogP contribution in [0.5, 0.6) is 0 Å². The zero-order valence-corrected chi connectivity index (χ0v) is 11.6. The average molecular weight is 258 g/mol. The van der Waals surface area contributed by atoms with Crippen LogP contribution >= 0.6 is 0 Å². The zero-order valence-electron chi connectivity index (χ0n) is 11.6. The third-order valence-electron chi connectivity index (χ3n) is 4.93. The van der Waals surface area contributed by atoms with Crippen LogP contribution in [0, 0.1) is 17.8 Å². The standard InChI is InChI=1S/C17H22O2/c1-19-17(18)14-9-10-16-13(11-14)7-4-6-12-5-2-3-8-15(12)16/h2-3,5,8,12-14H,4,6-7,9-11H2,1H3. The molecule has 0 saturated heterocycles. The van der Waals surface area contributed by atoms with Gasteiger partial charge in [-0.3, -0.25) is 4.79 Å². The van der Waals surface area contributed by atoms with E-state index in [4.69, 9.17) is 4.74 Å². The topological polar surface area (TPSA) is 26.3 Å². The minimum Gasteiger partial charge on any atom is -0.469 e. The van der Waals surface area contributed by atoms with Gasteiger partial charge < -0.3 is 4.74 Å². The van der Waals surface area contributed by atoms with Crippen LogP contribution in [0.2, 0.25) is 0 Å². The third-order valence-corrected chi connectivity index (χ3v) is 4.93. The van der Waals surface area contributed by atoms with Crippen molar-refractivity contribution in [1.82, 2.24) is 0 Å². The maximum Gasteiger partial charge on any atom is 0.308 e. The molecule has 0 amide bonds. The number of hydrogen-bond donors (Lipinski definition) is 0. The van der Waals surface area contributed by atoms with Crippen LogP contribution in [0.15, 0.2) is 35.5 Å². The summed E-state index contributed by atoms with van der Waals surface area (Å²) in [5.74, 6) is 1.34. The molecule has 0 aromatic heterocycles. The van der Waals surface area contributed by atoms with Crippen molar-refractivity contribution in [2.24, 2.45) is 17.8 Å². The van der Waals surface area contributed by atoms with E-state index in [-0.39, 0.29) is 11.9 Å². The van der Waals surface area contributed by atoms with E-state index in [0.29, 0.717) is 11.8 Å². The van der Waals surface area contributed by atoms with Crippen LogP contribution in [-0.2, 0) is 9.53 Å². The molecule has 0 aliphatic heterocycles. The molecule has 0 bridgehead atoms. The SMILES string of the molecule is COC(=O)C1CCC2=C3C=CC=CC3CCCC2C1. The smallest absolute Gasteiger partial charge is 0.308 e. The van der Waals surface area contributed by atoms with Gasteiger partial charge in [0.2, 0.25) is 0 Å². The van der Waals surface area contributed by atoms with Gasteiger partial charge in [-0.1, -0.05) is 36.3 Å². The van der Waals surface area contributed by atoms with E-state index in [1.807, 2.05) is 0 Å². The predicted molar refractivity (Wildman–Crippen MR) is 75.5 cm³/mol. The van der Waals surface area contributed by atoms with Gasteiger partial charge in [-0.15, -0.1) is 0 Å². The summed E-state index contributed by atoms with van der Waals surface area (Å²) in [6.07, 6.45) is 15.8. The number of fused-ring (bicyclic) bond motifs is 2. The molecule has 0 aromatic rings. The number of carbonyl (C=O) groups excluding carboxylic acids is 1. The highest BCUT2D eigenvalue weighted by atomic mass is 16.5. The highest BCUT2D eigenvalue weighted by molar-refractivity contribution is 5.72. The summed E-state index contributed by atoms with van der Waals surface area (Å²) in [6.45, 7) is 0. The first-order chi connectivity index (χ1) is 9.29. The molecule has 0 N–H and O–H groups in total. The van der Waals surface area contributed by atoms with Crippen molar-refractivity contribution in [1.29, 1.82) is 0 Å². The van der Waals surface area contributed by atoms with E-state index in [1.54, 1.807) is 11.1 Å². The van der Waals surface area contributed by atoms with Gasteiger partial charge in [0, 0.05) is 5.92 Å². The summed E-state index contributed by atoms with van der Waals surface area (Å²) >= 11 is 0. The lowest BCUT2D eigenvalue weighted by atomic mass is 9.74. The second kappa shape index (κ2) is 5.36. The van der Waals surface area contributed by atoms with Crippen LogP contribution in [0.1, 0.15) is 38.5 Å². The van der Waals surface area contributed by atoms with E-state index >= 15 is 0 Å². The fourth-order valence-electron chi connectivity index (χ4n) is 3.96. The Morgan fingerprint density at radius 2 is 2.16 bits per heavy atom. The first-order valence-electron chi connectivity index (χ1n) is 7.45. The highest BCUT2D eigenvalue weighted by Crippen LogP contribution is 2.44. The molecule has 1 saturated carbocycles. The quantitative estimate of drug-likeness (QED) is 0.669. The van der Waals surface area contributed by atoms with E-state index in [1.165, 1.54) is 26.4 Å². The Morgan fingerprint density at radius 1 is 1.26 bits per heavy atom. The Balaban J connectivity index is 1.85. The maximum atomic E-state index is 11.7. The summed E-state index contributed by atoms with van der Waals surface area (Å²) in [4.78, 5) is 11.7. The number of ether oxygens (including phenoxy) is 1. The maximum absolute atomic E-state index is 11.7. The van der Waals surface area contributed by atoms with Crippen LogP contribution < -0.4 is 0 Å². The predicted octanol–water partition coefficient (Wildman–Crippen LogP) is 3.80. The molecule has 0 aromatic carbocycles. The molecule has 1 fully saturated rings. The van der Waals surface area contributed by atoms with Crippen molar-refractivity contribution in [3.8, 4) is 0 Å². The van der Waals surface area contributed by atoms with Crippen LogP contribution in [0.3, 0.4) is 0 Å². The molecule has 0 radical (unpaired) electrons. The first-order valence-corrected chi connectivity index (χ1v) is 7.45. The summed E-state index contributed by atoms with van der Waals surface area (Å²) in [5.41, 5.74) is 3.18. The fourth-order valence-corrected chi connectivity index (χ4v) is 3.96. The van der Waals surface area contributed by atoms with Crippen molar-refractivity contribution in [2.45, 2.75) is 38.5 Å². The van der Waals surface area contributed by atoms with E-state index in [9.17, 15) is 4.79 Å². The molecule has 3 unspecified atom stereocenters. The molecular weight excluding hydrogens is 236 g/mol. The second-order valence-electron chi connectivity index (χ2n) is 5.95. The largest absolute Gasteiger partial charge is 0.469 e. The normalized spacial score (nSPS) is 33.4. The third kappa shape index (κ3) is 2.41. The Morgan fingerprint density at radius 3 is 3.00 bits per heavy atom. The Hall–Kier alpha value is -1.31. The van der Waals surface area contributed by atoms with E-state index < -0.39 is 0 Å².